The van der Waals surface area contributed by atoms with Gasteiger partial charge >= 0.3 is 5.97 Å². The summed E-state index contributed by atoms with van der Waals surface area (Å²) in [4.78, 5) is 16.5. The number of carbonyl (C=O) groups is 1. The third-order valence-corrected chi connectivity index (χ3v) is 9.66. The Balaban J connectivity index is 1.49. The topological polar surface area (TPSA) is 103 Å². The van der Waals surface area contributed by atoms with Crippen LogP contribution in [0.3, 0.4) is 0 Å². The van der Waals surface area contributed by atoms with Crippen molar-refractivity contribution in [2.24, 2.45) is 0 Å². The first-order valence-electron chi connectivity index (χ1n) is 12.3. The van der Waals surface area contributed by atoms with E-state index in [1.165, 1.54) is 6.26 Å². The maximum atomic E-state index is 11.4. The standard InChI is InChI=1S/C28H29Cl2NO6S2/c1-16-25(17(2)27(30)28(26(16)29)36-8-5-9-39(3,34)35)19-7-4-6-18(10-19)14-37-23-12-22-21(13-31-23)20(15-38-22)11-24(32)33/h4,6-7,10,12-13,20H,5,8-9,11,14-15H2,1-3H3,(H,32,33)/t20-/m0/s1. The highest BCUT2D eigenvalue weighted by Gasteiger charge is 2.26. The van der Waals surface area contributed by atoms with E-state index in [-0.39, 0.29) is 24.7 Å². The van der Waals surface area contributed by atoms with Crippen LogP contribution >= 0.6 is 35.0 Å². The Morgan fingerprint density at radius 1 is 1.15 bits per heavy atom. The predicted octanol–water partition coefficient (Wildman–Crippen LogP) is 6.73. The van der Waals surface area contributed by atoms with Gasteiger partial charge in [0.15, 0.2) is 5.75 Å². The van der Waals surface area contributed by atoms with Crippen LogP contribution < -0.4 is 9.47 Å². The number of rotatable bonds is 11. The molecule has 0 spiro atoms. The van der Waals surface area contributed by atoms with E-state index in [0.717, 1.165) is 44.0 Å². The number of aliphatic carboxylic acids is 1. The average Bonchev–Trinajstić information content (AvgIpc) is 3.27. The summed E-state index contributed by atoms with van der Waals surface area (Å²) in [5, 5.41) is 9.90. The van der Waals surface area contributed by atoms with Crippen molar-refractivity contribution in [2.45, 2.75) is 44.1 Å². The lowest BCUT2D eigenvalue weighted by atomic mass is 9.94. The molecule has 1 atom stereocenters. The summed E-state index contributed by atoms with van der Waals surface area (Å²) in [5.74, 6) is 0.750. The van der Waals surface area contributed by atoms with Gasteiger partial charge in [-0.15, -0.1) is 11.8 Å². The van der Waals surface area contributed by atoms with Crippen molar-refractivity contribution in [3.63, 3.8) is 0 Å². The number of ether oxygens (including phenoxy) is 2. The second-order valence-corrected chi connectivity index (χ2v) is 13.6. The van der Waals surface area contributed by atoms with E-state index in [2.05, 4.69) is 4.98 Å². The lowest BCUT2D eigenvalue weighted by Gasteiger charge is -2.19. The summed E-state index contributed by atoms with van der Waals surface area (Å²) in [5.41, 5.74) is 5.32. The van der Waals surface area contributed by atoms with E-state index in [4.69, 9.17) is 37.8 Å². The lowest BCUT2D eigenvalue weighted by Crippen LogP contribution is -2.09. The van der Waals surface area contributed by atoms with Gasteiger partial charge in [-0.3, -0.25) is 4.79 Å². The van der Waals surface area contributed by atoms with Gasteiger partial charge in [-0.1, -0.05) is 41.4 Å². The summed E-state index contributed by atoms with van der Waals surface area (Å²) in [6, 6.07) is 9.76. The molecule has 7 nitrogen and oxygen atoms in total. The number of halogens is 2. The minimum Gasteiger partial charge on any atom is -0.490 e. The molecule has 4 rings (SSSR count). The van der Waals surface area contributed by atoms with Crippen LogP contribution in [0, 0.1) is 13.8 Å². The van der Waals surface area contributed by atoms with Crippen molar-refractivity contribution in [1.29, 1.82) is 0 Å². The molecule has 1 N–H and O–H groups in total. The molecule has 0 saturated heterocycles. The molecule has 39 heavy (non-hydrogen) atoms. The molecule has 2 heterocycles. The number of carboxylic acids is 1. The van der Waals surface area contributed by atoms with Gasteiger partial charge in [0.05, 0.1) is 28.8 Å². The molecule has 1 aromatic heterocycles. The van der Waals surface area contributed by atoms with Gasteiger partial charge in [-0.2, -0.15) is 0 Å². The number of fused-ring (bicyclic) bond motifs is 1. The number of pyridine rings is 1. The molecular weight excluding hydrogens is 581 g/mol. The molecule has 1 aliphatic rings. The first-order valence-corrected chi connectivity index (χ1v) is 16.1. The number of hydrogen-bond donors (Lipinski definition) is 1. The van der Waals surface area contributed by atoms with Crippen LogP contribution in [0.25, 0.3) is 11.1 Å². The number of sulfone groups is 1. The van der Waals surface area contributed by atoms with Gasteiger partial charge < -0.3 is 14.6 Å². The Labute approximate surface area is 242 Å². The number of thioether (sulfide) groups is 1. The van der Waals surface area contributed by atoms with Crippen molar-refractivity contribution >= 4 is 50.8 Å². The quantitative estimate of drug-likeness (QED) is 0.239. The maximum Gasteiger partial charge on any atom is 0.303 e. The van der Waals surface area contributed by atoms with Crippen molar-refractivity contribution in [3.8, 4) is 22.8 Å². The number of carboxylic acid groups (broad SMARTS) is 1. The van der Waals surface area contributed by atoms with E-state index in [1.54, 1.807) is 18.0 Å². The van der Waals surface area contributed by atoms with Gasteiger partial charge in [0.25, 0.3) is 0 Å². The number of hydrogen-bond acceptors (Lipinski definition) is 7. The summed E-state index contributed by atoms with van der Waals surface area (Å²) in [6.45, 7) is 4.28. The summed E-state index contributed by atoms with van der Waals surface area (Å²) >= 11 is 15.0. The number of nitrogens with zero attached hydrogens (tertiary/aromatic N) is 1. The third kappa shape index (κ3) is 7.20. The van der Waals surface area contributed by atoms with Crippen LogP contribution in [0.5, 0.6) is 11.6 Å². The molecule has 0 unspecified atom stereocenters. The van der Waals surface area contributed by atoms with Crippen LogP contribution in [0.2, 0.25) is 10.0 Å². The van der Waals surface area contributed by atoms with Gasteiger partial charge in [-0.25, -0.2) is 13.4 Å². The Morgan fingerprint density at radius 2 is 1.87 bits per heavy atom. The fourth-order valence-electron chi connectivity index (χ4n) is 4.57. The first kappa shape index (κ1) is 29.5. The zero-order valence-corrected chi connectivity index (χ0v) is 24.9. The Kier molecular flexibility index (Phi) is 9.37. The molecule has 0 fully saturated rings. The zero-order valence-electron chi connectivity index (χ0n) is 21.8. The van der Waals surface area contributed by atoms with E-state index < -0.39 is 15.8 Å². The highest BCUT2D eigenvalue weighted by molar-refractivity contribution is 7.99. The van der Waals surface area contributed by atoms with Crippen LogP contribution in [0.15, 0.2) is 41.4 Å². The van der Waals surface area contributed by atoms with Crippen LogP contribution in [0.1, 0.15) is 41.0 Å². The monoisotopic (exact) mass is 609 g/mol. The van der Waals surface area contributed by atoms with E-state index in [9.17, 15) is 13.2 Å². The molecule has 208 valence electrons. The molecule has 11 heteroatoms. The summed E-state index contributed by atoms with van der Waals surface area (Å²) < 4.78 is 34.6. The number of aromatic nitrogens is 1. The van der Waals surface area contributed by atoms with Crippen molar-refractivity contribution in [2.75, 3.05) is 24.4 Å². The smallest absolute Gasteiger partial charge is 0.303 e. The zero-order chi connectivity index (χ0) is 28.3. The van der Waals surface area contributed by atoms with Crippen LogP contribution in [0.4, 0.5) is 0 Å². The normalized spacial score (nSPS) is 14.7. The summed E-state index contributed by atoms with van der Waals surface area (Å²) in [7, 11) is -3.07. The van der Waals surface area contributed by atoms with E-state index >= 15 is 0 Å². The third-order valence-electron chi connectivity index (χ3n) is 6.49. The van der Waals surface area contributed by atoms with Gasteiger partial charge in [-0.05, 0) is 59.7 Å². The maximum absolute atomic E-state index is 11.4. The van der Waals surface area contributed by atoms with Gasteiger partial charge in [0.1, 0.15) is 16.4 Å². The van der Waals surface area contributed by atoms with Crippen molar-refractivity contribution in [3.05, 3.63) is 68.8 Å². The highest BCUT2D eigenvalue weighted by Crippen LogP contribution is 2.45. The van der Waals surface area contributed by atoms with Crippen molar-refractivity contribution in [1.82, 2.24) is 4.98 Å². The van der Waals surface area contributed by atoms with Crippen LogP contribution in [-0.4, -0.2) is 48.8 Å². The SMILES string of the molecule is Cc1c(Cl)c(OCCCS(C)(=O)=O)c(Cl)c(C)c1-c1cccc(COc2cc3c(cn2)[C@@H](CC(=O)O)CS3)c1. The predicted molar refractivity (Wildman–Crippen MR) is 155 cm³/mol. The molecule has 0 radical (unpaired) electrons. The van der Waals surface area contributed by atoms with E-state index in [0.29, 0.717) is 34.7 Å². The molecular formula is C28H29Cl2NO6S2. The molecule has 0 bridgehead atoms. The van der Waals surface area contributed by atoms with Crippen molar-refractivity contribution < 1.29 is 27.8 Å². The molecule has 0 amide bonds. The minimum absolute atomic E-state index is 0.0260. The van der Waals surface area contributed by atoms with E-state index in [1.807, 2.05) is 44.2 Å². The molecule has 1 aliphatic heterocycles. The van der Waals surface area contributed by atoms with Gasteiger partial charge in [0.2, 0.25) is 5.88 Å². The second kappa shape index (κ2) is 12.4. The highest BCUT2D eigenvalue weighted by atomic mass is 35.5. The Hall–Kier alpha value is -2.46. The average molecular weight is 611 g/mol. The molecule has 3 aromatic rings. The number of benzene rings is 2. The fourth-order valence-corrected chi connectivity index (χ4v) is 6.99. The second-order valence-electron chi connectivity index (χ2n) is 9.57. The van der Waals surface area contributed by atoms with Crippen LogP contribution in [-0.2, 0) is 21.2 Å². The largest absolute Gasteiger partial charge is 0.490 e. The Bertz CT molecular complexity index is 1480. The molecule has 2 aromatic carbocycles. The Morgan fingerprint density at radius 3 is 2.54 bits per heavy atom. The molecule has 0 saturated carbocycles. The first-order chi connectivity index (χ1) is 18.4. The fraction of sp³-hybridized carbons (Fsp3) is 0.357. The summed E-state index contributed by atoms with van der Waals surface area (Å²) in [6.07, 6.45) is 3.34. The van der Waals surface area contributed by atoms with Gasteiger partial charge in [0, 0.05) is 35.1 Å². The lowest BCUT2D eigenvalue weighted by molar-refractivity contribution is -0.137. The minimum atomic E-state index is -3.07. The molecule has 0 aliphatic carbocycles.